The van der Waals surface area contributed by atoms with Gasteiger partial charge >= 0.3 is 0 Å². The first-order chi connectivity index (χ1) is 6.99. The van der Waals surface area contributed by atoms with Crippen LogP contribution in [-0.4, -0.2) is 43.5 Å². The normalized spacial score (nSPS) is 11.9. The van der Waals surface area contributed by atoms with Crippen molar-refractivity contribution in [2.75, 3.05) is 20.1 Å². The zero-order valence-electron chi connectivity index (χ0n) is 8.36. The van der Waals surface area contributed by atoms with E-state index in [-0.39, 0.29) is 9.63 Å². The van der Waals surface area contributed by atoms with E-state index in [0.717, 1.165) is 0 Å². The van der Waals surface area contributed by atoms with Gasteiger partial charge in [0.15, 0.2) is 4.60 Å². The molecule has 1 aromatic heterocycles. The van der Waals surface area contributed by atoms with Gasteiger partial charge < -0.3 is 5.32 Å². The van der Waals surface area contributed by atoms with Crippen LogP contribution in [0.2, 0.25) is 0 Å². The molecule has 0 aromatic carbocycles. The van der Waals surface area contributed by atoms with E-state index in [9.17, 15) is 8.42 Å². The molecular weight excluding hydrogens is 286 g/mol. The fourth-order valence-corrected chi connectivity index (χ4v) is 3.11. The van der Waals surface area contributed by atoms with Gasteiger partial charge in [-0.05, 0) is 23.0 Å². The van der Waals surface area contributed by atoms with Gasteiger partial charge in [-0.1, -0.05) is 5.21 Å². The molecule has 1 rings (SSSR count). The lowest BCUT2D eigenvalue weighted by Gasteiger charge is -2.05. The molecule has 1 heterocycles. The lowest BCUT2D eigenvalue weighted by Crippen LogP contribution is -2.31. The fraction of sp³-hybridized carbons (Fsp3) is 0.667. The minimum atomic E-state index is -3.55. The number of likely N-dealkylation sites (N-methyl/N-ethyl adjacent to an activating group) is 1. The molecule has 0 aliphatic heterocycles. The summed E-state index contributed by atoms with van der Waals surface area (Å²) in [4.78, 5) is 0. The first kappa shape index (κ1) is 12.6. The molecule has 15 heavy (non-hydrogen) atoms. The third-order valence-electron chi connectivity index (χ3n) is 1.66. The predicted molar refractivity (Wildman–Crippen MR) is 57.8 cm³/mol. The number of halogens is 1. The summed E-state index contributed by atoms with van der Waals surface area (Å²) < 4.78 is 27.3. The molecule has 86 valence electrons. The van der Waals surface area contributed by atoms with Crippen LogP contribution in [0.4, 0.5) is 0 Å². The van der Waals surface area contributed by atoms with Gasteiger partial charge in [0.25, 0.3) is 10.0 Å². The van der Waals surface area contributed by atoms with Gasteiger partial charge in [0.2, 0.25) is 5.03 Å². The van der Waals surface area contributed by atoms with Gasteiger partial charge in [0, 0.05) is 20.1 Å². The SMILES string of the molecule is CNCCNS(=O)(=O)c1c(Br)nnn1C. The lowest BCUT2D eigenvalue weighted by atomic mass is 10.7. The number of aromatic nitrogens is 3. The van der Waals surface area contributed by atoms with Crippen LogP contribution < -0.4 is 10.0 Å². The summed E-state index contributed by atoms with van der Waals surface area (Å²) in [5.41, 5.74) is 0. The molecule has 0 bridgehead atoms. The van der Waals surface area contributed by atoms with Crippen LogP contribution in [0.5, 0.6) is 0 Å². The molecule has 0 atom stereocenters. The average Bonchev–Trinajstić information content (AvgIpc) is 2.46. The Morgan fingerprint density at radius 1 is 1.47 bits per heavy atom. The molecule has 2 N–H and O–H groups in total. The summed E-state index contributed by atoms with van der Waals surface area (Å²) in [6.07, 6.45) is 0. The smallest absolute Gasteiger partial charge is 0.260 e. The van der Waals surface area contributed by atoms with E-state index in [4.69, 9.17) is 0 Å². The quantitative estimate of drug-likeness (QED) is 0.686. The minimum absolute atomic E-state index is 0.0265. The Balaban J connectivity index is 2.87. The van der Waals surface area contributed by atoms with Gasteiger partial charge in [0.05, 0.1) is 0 Å². The van der Waals surface area contributed by atoms with Crippen LogP contribution in [0.15, 0.2) is 9.63 Å². The van der Waals surface area contributed by atoms with Crippen molar-refractivity contribution >= 4 is 26.0 Å². The topological polar surface area (TPSA) is 88.9 Å². The summed E-state index contributed by atoms with van der Waals surface area (Å²) in [6, 6.07) is 0. The van der Waals surface area contributed by atoms with Crippen LogP contribution in [0.25, 0.3) is 0 Å². The van der Waals surface area contributed by atoms with Gasteiger partial charge in [-0.2, -0.15) is 0 Å². The van der Waals surface area contributed by atoms with Crippen LogP contribution in [-0.2, 0) is 17.1 Å². The molecule has 0 radical (unpaired) electrons. The van der Waals surface area contributed by atoms with Crippen molar-refractivity contribution in [3.63, 3.8) is 0 Å². The van der Waals surface area contributed by atoms with Gasteiger partial charge in [-0.25, -0.2) is 17.8 Å². The Labute approximate surface area is 96.4 Å². The summed E-state index contributed by atoms with van der Waals surface area (Å²) in [5.74, 6) is 0. The van der Waals surface area contributed by atoms with Crippen molar-refractivity contribution in [3.05, 3.63) is 4.60 Å². The molecule has 0 aliphatic rings. The van der Waals surface area contributed by atoms with Gasteiger partial charge in [-0.3, -0.25) is 0 Å². The van der Waals surface area contributed by atoms with Gasteiger partial charge in [-0.15, -0.1) is 5.10 Å². The Kier molecular flexibility index (Phi) is 4.20. The molecule has 9 heteroatoms. The largest absolute Gasteiger partial charge is 0.318 e. The maximum absolute atomic E-state index is 11.7. The summed E-state index contributed by atoms with van der Waals surface area (Å²) in [5, 5.41) is 10.1. The Bertz CT molecular complexity index is 409. The molecule has 0 unspecified atom stereocenters. The third-order valence-corrected chi connectivity index (χ3v) is 4.01. The molecule has 1 aromatic rings. The van der Waals surface area contributed by atoms with Crippen LogP contribution in [0.3, 0.4) is 0 Å². The van der Waals surface area contributed by atoms with E-state index >= 15 is 0 Å². The van der Waals surface area contributed by atoms with Crippen molar-refractivity contribution in [2.45, 2.75) is 5.03 Å². The highest BCUT2D eigenvalue weighted by Gasteiger charge is 2.22. The second-order valence-corrected chi connectivity index (χ2v) is 5.24. The van der Waals surface area contributed by atoms with Crippen LogP contribution in [0, 0.1) is 0 Å². The highest BCUT2D eigenvalue weighted by Crippen LogP contribution is 2.16. The second kappa shape index (κ2) is 5.01. The summed E-state index contributed by atoms with van der Waals surface area (Å²) in [6.45, 7) is 0.874. The molecule has 0 spiro atoms. The highest BCUT2D eigenvalue weighted by atomic mass is 79.9. The molecule has 7 nitrogen and oxygen atoms in total. The van der Waals surface area contributed by atoms with E-state index in [1.807, 2.05) is 0 Å². The van der Waals surface area contributed by atoms with E-state index in [0.29, 0.717) is 13.1 Å². The number of hydrogen-bond donors (Lipinski definition) is 2. The molecule has 0 saturated carbocycles. The number of hydrogen-bond acceptors (Lipinski definition) is 5. The first-order valence-electron chi connectivity index (χ1n) is 4.18. The number of rotatable bonds is 5. The Hall–Kier alpha value is -0.510. The third kappa shape index (κ3) is 2.97. The van der Waals surface area contributed by atoms with Crippen molar-refractivity contribution in [2.24, 2.45) is 7.05 Å². The van der Waals surface area contributed by atoms with Crippen LogP contribution in [0.1, 0.15) is 0 Å². The maximum Gasteiger partial charge on any atom is 0.260 e. The lowest BCUT2D eigenvalue weighted by molar-refractivity contribution is 0.559. The van der Waals surface area contributed by atoms with E-state index < -0.39 is 10.0 Å². The number of nitrogens with one attached hydrogen (secondary N) is 2. The standard InChI is InChI=1S/C6H12BrN5O2S/c1-8-3-4-9-15(13,14)6-5(7)10-11-12(6)2/h8-9H,3-4H2,1-2H3. The predicted octanol–water partition coefficient (Wildman–Crippen LogP) is -0.925. The van der Waals surface area contributed by atoms with E-state index in [2.05, 4.69) is 36.3 Å². The monoisotopic (exact) mass is 297 g/mol. The van der Waals surface area contributed by atoms with Crippen molar-refractivity contribution in [1.82, 2.24) is 25.0 Å². The maximum atomic E-state index is 11.7. The van der Waals surface area contributed by atoms with E-state index in [1.165, 1.54) is 11.7 Å². The fourth-order valence-electron chi connectivity index (χ4n) is 0.987. The summed E-state index contributed by atoms with van der Waals surface area (Å²) >= 11 is 3.03. The second-order valence-electron chi connectivity index (χ2n) is 2.81. The van der Waals surface area contributed by atoms with Crippen molar-refractivity contribution < 1.29 is 8.42 Å². The number of sulfonamides is 1. The Morgan fingerprint density at radius 3 is 2.60 bits per heavy atom. The molecular formula is C6H12BrN5O2S. The van der Waals surface area contributed by atoms with E-state index in [1.54, 1.807) is 7.05 Å². The zero-order chi connectivity index (χ0) is 11.5. The average molecular weight is 298 g/mol. The van der Waals surface area contributed by atoms with Crippen molar-refractivity contribution in [1.29, 1.82) is 0 Å². The number of aryl methyl sites for hydroxylation is 1. The Morgan fingerprint density at radius 2 is 2.13 bits per heavy atom. The molecule has 0 saturated heterocycles. The van der Waals surface area contributed by atoms with Crippen LogP contribution >= 0.6 is 15.9 Å². The minimum Gasteiger partial charge on any atom is -0.318 e. The molecule has 0 aliphatic carbocycles. The summed E-state index contributed by atoms with van der Waals surface area (Å²) in [7, 11) is -0.285. The molecule has 0 fully saturated rings. The van der Waals surface area contributed by atoms with Gasteiger partial charge in [0.1, 0.15) is 0 Å². The van der Waals surface area contributed by atoms with Crippen molar-refractivity contribution in [3.8, 4) is 0 Å². The zero-order valence-corrected chi connectivity index (χ0v) is 10.8. The molecule has 0 amide bonds. The first-order valence-corrected chi connectivity index (χ1v) is 6.46. The highest BCUT2D eigenvalue weighted by molar-refractivity contribution is 9.10. The number of nitrogens with zero attached hydrogens (tertiary/aromatic N) is 3.